The smallest absolute Gasteiger partial charge is 0.407 e. The van der Waals surface area contributed by atoms with Crippen LogP contribution in [0.15, 0.2) is 36.4 Å². The topological polar surface area (TPSA) is 253 Å². The van der Waals surface area contributed by atoms with Gasteiger partial charge in [-0.2, -0.15) is 0 Å². The minimum absolute atomic E-state index is 0.00769. The van der Waals surface area contributed by atoms with Gasteiger partial charge in [0.15, 0.2) is 11.4 Å². The Kier molecular flexibility index (Phi) is 12.2. The Morgan fingerprint density at radius 1 is 0.864 bits per heavy atom. The number of alkyl carbamates (subject to hydrolysis) is 1. The minimum atomic E-state index is -0.893. The molecule has 238 valence electrons. The summed E-state index contributed by atoms with van der Waals surface area (Å²) in [5.74, 6) is -1.72. The van der Waals surface area contributed by atoms with Gasteiger partial charge in [0.1, 0.15) is 17.1 Å². The molecular weight excluding hydrogens is 582 g/mol. The van der Waals surface area contributed by atoms with Gasteiger partial charge in [-0.25, -0.2) is 4.79 Å². The van der Waals surface area contributed by atoms with Gasteiger partial charge in [0.05, 0.1) is 23.6 Å². The maximum atomic E-state index is 11.8. The average Bonchev–Trinajstić information content (AvgIpc) is 2.93. The predicted molar refractivity (Wildman–Crippen MR) is 160 cm³/mol. The highest BCUT2D eigenvalue weighted by atomic mass is 16.6. The van der Waals surface area contributed by atoms with Gasteiger partial charge in [0.2, 0.25) is 11.8 Å². The number of anilines is 2. The van der Waals surface area contributed by atoms with Gasteiger partial charge in [-0.1, -0.05) is 12.2 Å². The fourth-order valence-electron chi connectivity index (χ4n) is 3.65. The molecule has 0 saturated heterocycles. The van der Waals surface area contributed by atoms with E-state index in [1.54, 1.807) is 32.9 Å². The van der Waals surface area contributed by atoms with Gasteiger partial charge >= 0.3 is 6.09 Å². The second kappa shape index (κ2) is 15.6. The summed E-state index contributed by atoms with van der Waals surface area (Å²) in [6.45, 7) is 5.52. The Hall–Kier alpha value is -5.61. The van der Waals surface area contributed by atoms with Crippen LogP contribution in [-0.4, -0.2) is 66.7 Å². The third-order valence-electron chi connectivity index (χ3n) is 5.55. The second-order valence-corrected chi connectivity index (χ2v) is 10.0. The van der Waals surface area contributed by atoms with E-state index in [-0.39, 0.29) is 60.2 Å². The van der Waals surface area contributed by atoms with Crippen LogP contribution in [0.2, 0.25) is 0 Å². The molecule has 17 nitrogen and oxygen atoms in total. The number of hydrogen-bond donors (Lipinski definition) is 5. The molecule has 2 rings (SSSR count). The van der Waals surface area contributed by atoms with Crippen molar-refractivity contribution in [3.05, 3.63) is 67.8 Å². The van der Waals surface area contributed by atoms with Crippen LogP contribution < -0.4 is 36.9 Å². The number of nitro groups is 2. The van der Waals surface area contributed by atoms with Gasteiger partial charge in [-0.15, -0.1) is 0 Å². The number of nitrogens with zero attached hydrogens (tertiary/aromatic N) is 2. The van der Waals surface area contributed by atoms with E-state index in [1.807, 2.05) is 0 Å². The molecule has 44 heavy (non-hydrogen) atoms. The van der Waals surface area contributed by atoms with Crippen LogP contribution in [0.5, 0.6) is 11.5 Å². The number of carbonyl (C=O) groups is 3. The van der Waals surface area contributed by atoms with E-state index < -0.39 is 44.7 Å². The maximum absolute atomic E-state index is 11.8. The molecule has 2 aromatic rings. The number of nitrogens with one attached hydrogen (secondary N) is 3. The van der Waals surface area contributed by atoms with Crippen molar-refractivity contribution in [3.8, 4) is 11.5 Å². The van der Waals surface area contributed by atoms with Gasteiger partial charge in [0.25, 0.3) is 11.4 Å². The maximum Gasteiger partial charge on any atom is 0.407 e. The summed E-state index contributed by atoms with van der Waals surface area (Å²) in [4.78, 5) is 57.1. The number of rotatable bonds is 16. The molecule has 0 saturated carbocycles. The first-order valence-electron chi connectivity index (χ1n) is 13.2. The quantitative estimate of drug-likeness (QED) is 0.0788. The third-order valence-corrected chi connectivity index (χ3v) is 5.55. The van der Waals surface area contributed by atoms with E-state index in [9.17, 15) is 34.6 Å². The van der Waals surface area contributed by atoms with E-state index >= 15 is 0 Å². The van der Waals surface area contributed by atoms with Crippen LogP contribution in [-0.2, 0) is 4.74 Å². The summed E-state index contributed by atoms with van der Waals surface area (Å²) < 4.78 is 16.0. The van der Waals surface area contributed by atoms with Crippen molar-refractivity contribution in [2.45, 2.75) is 32.8 Å². The summed E-state index contributed by atoms with van der Waals surface area (Å²) in [6.07, 6.45) is 2.88. The number of methoxy groups -OCH3 is 1. The van der Waals surface area contributed by atoms with Crippen molar-refractivity contribution < 1.29 is 38.4 Å². The summed E-state index contributed by atoms with van der Waals surface area (Å²) in [7, 11) is 1.28. The molecule has 17 heteroatoms. The lowest BCUT2D eigenvalue weighted by molar-refractivity contribution is -0.384. The molecule has 0 aliphatic carbocycles. The SMILES string of the molecule is COc1cc(C(N)=O)cc([N+](=O)[O-])c1NC/C=C/CNc1c(OCCCNC(=O)OC(C)(C)C)cc(C(N)=O)cc1[N+](=O)[O-]. The molecule has 0 bridgehead atoms. The molecule has 7 N–H and O–H groups in total. The Morgan fingerprint density at radius 2 is 1.34 bits per heavy atom. The van der Waals surface area contributed by atoms with Crippen LogP contribution in [0.1, 0.15) is 47.9 Å². The van der Waals surface area contributed by atoms with Crippen molar-refractivity contribution in [1.29, 1.82) is 0 Å². The molecule has 0 heterocycles. The molecule has 0 aliphatic heterocycles. The lowest BCUT2D eigenvalue weighted by Crippen LogP contribution is -2.33. The lowest BCUT2D eigenvalue weighted by atomic mass is 10.1. The van der Waals surface area contributed by atoms with Crippen LogP contribution in [0.3, 0.4) is 0 Å². The summed E-state index contributed by atoms with van der Waals surface area (Å²) in [5, 5.41) is 31.6. The van der Waals surface area contributed by atoms with Gasteiger partial charge in [-0.05, 0) is 39.3 Å². The molecule has 2 aromatic carbocycles. The normalized spacial score (nSPS) is 11.0. The highest BCUT2D eigenvalue weighted by molar-refractivity contribution is 5.96. The fourth-order valence-corrected chi connectivity index (χ4v) is 3.65. The second-order valence-electron chi connectivity index (χ2n) is 10.0. The molecule has 0 aliphatic rings. The highest BCUT2D eigenvalue weighted by Gasteiger charge is 2.24. The fraction of sp³-hybridized carbons (Fsp3) is 0.370. The lowest BCUT2D eigenvalue weighted by Gasteiger charge is -2.19. The number of amides is 3. The van der Waals surface area contributed by atoms with Crippen LogP contribution in [0.25, 0.3) is 0 Å². The first-order chi connectivity index (χ1) is 20.6. The van der Waals surface area contributed by atoms with E-state index in [0.29, 0.717) is 6.42 Å². The van der Waals surface area contributed by atoms with E-state index in [2.05, 4.69) is 16.0 Å². The summed E-state index contributed by atoms with van der Waals surface area (Å²) in [6, 6.07) is 4.59. The zero-order valence-corrected chi connectivity index (χ0v) is 24.6. The number of primary amides is 2. The Balaban J connectivity index is 2.12. The molecule has 0 fully saturated rings. The zero-order chi connectivity index (χ0) is 33.0. The monoisotopic (exact) mass is 617 g/mol. The molecule has 0 spiro atoms. The van der Waals surface area contributed by atoms with Crippen LogP contribution >= 0.6 is 0 Å². The Bertz CT molecular complexity index is 1440. The molecule has 3 amide bonds. The van der Waals surface area contributed by atoms with Crippen LogP contribution in [0.4, 0.5) is 27.5 Å². The highest BCUT2D eigenvalue weighted by Crippen LogP contribution is 2.37. The predicted octanol–water partition coefficient (Wildman–Crippen LogP) is 3.08. The standard InChI is InChI=1S/C27H35N7O10/c1-27(2,3)44-26(37)32-10-7-11-43-21-15-17(25(29)36)13-19(34(40)41)23(21)31-9-6-5-8-30-22-18(33(38)39)12-16(24(28)35)14-20(22)42-4/h5-6,12-15,30-31H,7-11H2,1-4H3,(H2,28,35)(H2,29,36)(H,32,37)/b6-5+. The Labute approximate surface area is 252 Å². The first kappa shape index (κ1) is 34.6. The van der Waals surface area contributed by atoms with Crippen molar-refractivity contribution in [2.24, 2.45) is 11.5 Å². The van der Waals surface area contributed by atoms with Gasteiger partial charge in [0, 0.05) is 42.9 Å². The zero-order valence-electron chi connectivity index (χ0n) is 24.6. The summed E-state index contributed by atoms with van der Waals surface area (Å²) in [5.41, 5.74) is 8.82. The number of nitro benzene ring substituents is 2. The van der Waals surface area contributed by atoms with Crippen LogP contribution in [0, 0.1) is 20.2 Å². The number of nitrogens with two attached hydrogens (primary N) is 2. The molecular formula is C27H35N7O10. The van der Waals surface area contributed by atoms with E-state index in [1.165, 1.54) is 19.2 Å². The number of carbonyl (C=O) groups excluding carboxylic acids is 3. The van der Waals surface area contributed by atoms with E-state index in [0.717, 1.165) is 12.1 Å². The Morgan fingerprint density at radius 3 is 1.77 bits per heavy atom. The third kappa shape index (κ3) is 10.3. The minimum Gasteiger partial charge on any atom is -0.494 e. The van der Waals surface area contributed by atoms with Gasteiger partial charge < -0.3 is 41.6 Å². The molecule has 0 atom stereocenters. The number of ether oxygens (including phenoxy) is 3. The molecule has 0 unspecified atom stereocenters. The average molecular weight is 618 g/mol. The van der Waals surface area contributed by atoms with Crippen molar-refractivity contribution >= 4 is 40.7 Å². The van der Waals surface area contributed by atoms with Gasteiger partial charge in [-0.3, -0.25) is 29.8 Å². The van der Waals surface area contributed by atoms with E-state index in [4.69, 9.17) is 25.7 Å². The number of benzene rings is 2. The molecule has 0 radical (unpaired) electrons. The number of hydrogen-bond acceptors (Lipinski definition) is 12. The molecule has 0 aromatic heterocycles. The largest absolute Gasteiger partial charge is 0.494 e. The van der Waals surface area contributed by atoms with Crippen molar-refractivity contribution in [2.75, 3.05) is 44.0 Å². The van der Waals surface area contributed by atoms with Crippen molar-refractivity contribution in [3.63, 3.8) is 0 Å². The van der Waals surface area contributed by atoms with Crippen molar-refractivity contribution in [1.82, 2.24) is 5.32 Å². The first-order valence-corrected chi connectivity index (χ1v) is 13.2. The summed E-state index contributed by atoms with van der Waals surface area (Å²) >= 11 is 0.